The first-order valence-electron chi connectivity index (χ1n) is 7.31. The number of hydrogen-bond donors (Lipinski definition) is 2. The molecular weight excluding hydrogens is 254 g/mol. The van der Waals surface area contributed by atoms with E-state index in [1.807, 2.05) is 6.07 Å². The number of aromatic nitrogens is 1. The monoisotopic (exact) mass is 277 g/mol. The first-order valence-corrected chi connectivity index (χ1v) is 7.31. The molecule has 1 amide bonds. The highest BCUT2D eigenvalue weighted by molar-refractivity contribution is 5.93. The van der Waals surface area contributed by atoms with Gasteiger partial charge < -0.3 is 15.4 Å². The van der Waals surface area contributed by atoms with Crippen LogP contribution in [0.4, 0.5) is 5.69 Å². The lowest BCUT2D eigenvalue weighted by molar-refractivity contribution is 0.0854. The molecule has 2 unspecified atom stereocenters. The summed E-state index contributed by atoms with van der Waals surface area (Å²) in [5.74, 6) is -0.145. The standard InChI is InChI=1S/C15H23N3O2/c1-3-11(2)18-12-6-7-16-14(9-12)15(19)17-10-13-5-4-8-20-13/h6-7,9,11,13H,3-5,8,10H2,1-2H3,(H,16,18)(H,17,19). The molecule has 1 aromatic rings. The summed E-state index contributed by atoms with van der Waals surface area (Å²) in [6.45, 7) is 5.59. The zero-order valence-corrected chi connectivity index (χ0v) is 12.2. The Hall–Kier alpha value is -1.62. The Labute approximate surface area is 120 Å². The summed E-state index contributed by atoms with van der Waals surface area (Å²) >= 11 is 0. The molecular formula is C15H23N3O2. The molecule has 2 rings (SSSR count). The van der Waals surface area contributed by atoms with Crippen molar-refractivity contribution in [1.29, 1.82) is 0 Å². The van der Waals surface area contributed by atoms with Gasteiger partial charge in [0, 0.05) is 31.1 Å². The van der Waals surface area contributed by atoms with Crippen molar-refractivity contribution in [2.24, 2.45) is 0 Å². The SMILES string of the molecule is CCC(C)Nc1ccnc(C(=O)NCC2CCCO2)c1. The van der Waals surface area contributed by atoms with Crippen LogP contribution in [0.2, 0.25) is 0 Å². The maximum Gasteiger partial charge on any atom is 0.270 e. The van der Waals surface area contributed by atoms with E-state index in [2.05, 4.69) is 29.5 Å². The number of rotatable bonds is 6. The van der Waals surface area contributed by atoms with E-state index in [-0.39, 0.29) is 12.0 Å². The topological polar surface area (TPSA) is 63.2 Å². The average molecular weight is 277 g/mol. The number of ether oxygens (including phenoxy) is 1. The zero-order valence-electron chi connectivity index (χ0n) is 12.2. The second-order valence-electron chi connectivity index (χ2n) is 5.23. The van der Waals surface area contributed by atoms with E-state index in [1.165, 1.54) is 0 Å². The average Bonchev–Trinajstić information content (AvgIpc) is 2.98. The minimum Gasteiger partial charge on any atom is -0.382 e. The van der Waals surface area contributed by atoms with Crippen LogP contribution in [0.15, 0.2) is 18.3 Å². The van der Waals surface area contributed by atoms with Gasteiger partial charge in [-0.05, 0) is 38.3 Å². The van der Waals surface area contributed by atoms with Gasteiger partial charge in [0.1, 0.15) is 5.69 Å². The minimum atomic E-state index is -0.145. The number of carbonyl (C=O) groups is 1. The summed E-state index contributed by atoms with van der Waals surface area (Å²) in [5, 5.41) is 6.22. The number of hydrogen-bond acceptors (Lipinski definition) is 4. The largest absolute Gasteiger partial charge is 0.382 e. The van der Waals surface area contributed by atoms with Crippen LogP contribution in [0, 0.1) is 0 Å². The summed E-state index contributed by atoms with van der Waals surface area (Å²) in [6.07, 6.45) is 4.94. The van der Waals surface area contributed by atoms with Crippen molar-refractivity contribution in [1.82, 2.24) is 10.3 Å². The van der Waals surface area contributed by atoms with Crippen LogP contribution >= 0.6 is 0 Å². The third-order valence-corrected chi connectivity index (χ3v) is 3.53. The summed E-state index contributed by atoms with van der Waals surface area (Å²) in [5.41, 5.74) is 1.37. The number of anilines is 1. The van der Waals surface area contributed by atoms with Crippen LogP contribution < -0.4 is 10.6 Å². The van der Waals surface area contributed by atoms with E-state index in [1.54, 1.807) is 12.3 Å². The normalized spacial score (nSPS) is 19.6. The molecule has 2 N–H and O–H groups in total. The molecule has 0 bridgehead atoms. The van der Waals surface area contributed by atoms with Crippen LogP contribution in [-0.2, 0) is 4.74 Å². The Bertz CT molecular complexity index is 444. The highest BCUT2D eigenvalue weighted by Gasteiger charge is 2.17. The predicted octanol–water partition coefficient (Wildman–Crippen LogP) is 2.20. The molecule has 2 atom stereocenters. The van der Waals surface area contributed by atoms with Crippen molar-refractivity contribution in [2.45, 2.75) is 45.3 Å². The Morgan fingerprint density at radius 3 is 3.15 bits per heavy atom. The maximum absolute atomic E-state index is 12.1. The van der Waals surface area contributed by atoms with Gasteiger partial charge in [-0.1, -0.05) is 6.92 Å². The third kappa shape index (κ3) is 4.20. The molecule has 0 aromatic carbocycles. The second-order valence-corrected chi connectivity index (χ2v) is 5.23. The van der Waals surface area contributed by atoms with Gasteiger partial charge >= 0.3 is 0 Å². The van der Waals surface area contributed by atoms with E-state index < -0.39 is 0 Å². The van der Waals surface area contributed by atoms with Gasteiger partial charge in [-0.2, -0.15) is 0 Å². The summed E-state index contributed by atoms with van der Waals surface area (Å²) in [4.78, 5) is 16.2. The number of amides is 1. The highest BCUT2D eigenvalue weighted by Crippen LogP contribution is 2.12. The van der Waals surface area contributed by atoms with Gasteiger partial charge in [0.25, 0.3) is 5.91 Å². The lowest BCUT2D eigenvalue weighted by Crippen LogP contribution is -2.32. The van der Waals surface area contributed by atoms with Crippen molar-refractivity contribution >= 4 is 11.6 Å². The first-order chi connectivity index (χ1) is 9.69. The molecule has 5 nitrogen and oxygen atoms in total. The number of nitrogens with one attached hydrogen (secondary N) is 2. The zero-order chi connectivity index (χ0) is 14.4. The van der Waals surface area contributed by atoms with Crippen molar-refractivity contribution < 1.29 is 9.53 Å². The van der Waals surface area contributed by atoms with Crippen LogP contribution in [0.3, 0.4) is 0 Å². The van der Waals surface area contributed by atoms with Gasteiger partial charge in [-0.25, -0.2) is 0 Å². The van der Waals surface area contributed by atoms with E-state index in [0.717, 1.165) is 31.6 Å². The van der Waals surface area contributed by atoms with Crippen molar-refractivity contribution in [2.75, 3.05) is 18.5 Å². The van der Waals surface area contributed by atoms with Gasteiger partial charge in [-0.15, -0.1) is 0 Å². The quantitative estimate of drug-likeness (QED) is 0.836. The van der Waals surface area contributed by atoms with Crippen LogP contribution in [0.25, 0.3) is 0 Å². The smallest absolute Gasteiger partial charge is 0.270 e. The van der Waals surface area contributed by atoms with Gasteiger partial charge in [0.2, 0.25) is 0 Å². The van der Waals surface area contributed by atoms with E-state index in [0.29, 0.717) is 18.3 Å². The van der Waals surface area contributed by atoms with Crippen LogP contribution in [0.1, 0.15) is 43.6 Å². The van der Waals surface area contributed by atoms with Gasteiger partial charge in [-0.3, -0.25) is 9.78 Å². The second kappa shape index (κ2) is 7.24. The maximum atomic E-state index is 12.1. The number of nitrogens with zero attached hydrogens (tertiary/aromatic N) is 1. The van der Waals surface area contributed by atoms with Crippen molar-refractivity contribution in [3.05, 3.63) is 24.0 Å². The van der Waals surface area contributed by atoms with Gasteiger partial charge in [0.05, 0.1) is 6.10 Å². The fraction of sp³-hybridized carbons (Fsp3) is 0.600. The van der Waals surface area contributed by atoms with E-state index in [4.69, 9.17) is 4.74 Å². The molecule has 5 heteroatoms. The molecule has 1 aliphatic heterocycles. The fourth-order valence-electron chi connectivity index (χ4n) is 2.13. The predicted molar refractivity (Wildman–Crippen MR) is 78.9 cm³/mol. The Balaban J connectivity index is 1.90. The molecule has 0 saturated carbocycles. The third-order valence-electron chi connectivity index (χ3n) is 3.53. The molecule has 0 aliphatic carbocycles. The lowest BCUT2D eigenvalue weighted by atomic mass is 10.2. The Morgan fingerprint density at radius 1 is 1.60 bits per heavy atom. The molecule has 0 spiro atoms. The minimum absolute atomic E-state index is 0.145. The molecule has 1 fully saturated rings. The van der Waals surface area contributed by atoms with Crippen molar-refractivity contribution in [3.63, 3.8) is 0 Å². The van der Waals surface area contributed by atoms with E-state index >= 15 is 0 Å². The number of carbonyl (C=O) groups excluding carboxylic acids is 1. The summed E-state index contributed by atoms with van der Waals surface area (Å²) < 4.78 is 5.48. The van der Waals surface area contributed by atoms with E-state index in [9.17, 15) is 4.79 Å². The first kappa shape index (κ1) is 14.8. The van der Waals surface area contributed by atoms with Crippen LogP contribution in [-0.4, -0.2) is 36.2 Å². The summed E-state index contributed by atoms with van der Waals surface area (Å²) in [7, 11) is 0. The molecule has 2 heterocycles. The molecule has 0 radical (unpaired) electrons. The Morgan fingerprint density at radius 2 is 2.45 bits per heavy atom. The number of pyridine rings is 1. The highest BCUT2D eigenvalue weighted by atomic mass is 16.5. The molecule has 1 aliphatic rings. The molecule has 20 heavy (non-hydrogen) atoms. The Kier molecular flexibility index (Phi) is 5.35. The van der Waals surface area contributed by atoms with Crippen molar-refractivity contribution in [3.8, 4) is 0 Å². The summed E-state index contributed by atoms with van der Waals surface area (Å²) in [6, 6.07) is 4.04. The van der Waals surface area contributed by atoms with Gasteiger partial charge in [0.15, 0.2) is 0 Å². The molecule has 1 aromatic heterocycles. The van der Waals surface area contributed by atoms with Crippen LogP contribution in [0.5, 0.6) is 0 Å². The molecule has 110 valence electrons. The lowest BCUT2D eigenvalue weighted by Gasteiger charge is -2.14. The molecule has 1 saturated heterocycles. The fourth-order valence-corrected chi connectivity index (χ4v) is 2.13.